The Morgan fingerprint density at radius 2 is 2.05 bits per heavy atom. The predicted octanol–water partition coefficient (Wildman–Crippen LogP) is 2.42. The summed E-state index contributed by atoms with van der Waals surface area (Å²) in [5.74, 6) is 0.0391. The molecule has 1 aromatic carbocycles. The van der Waals surface area contributed by atoms with Gasteiger partial charge >= 0.3 is 0 Å². The minimum Gasteiger partial charge on any atom is -0.339 e. The third-order valence-electron chi connectivity index (χ3n) is 3.77. The SMILES string of the molecule is C=CCCC(=O)N1CCCC1CS(=O)(=O)c1ccccc1. The lowest BCUT2D eigenvalue weighted by atomic mass is 10.2. The second-order valence-corrected chi connectivity index (χ2v) is 7.34. The van der Waals surface area contributed by atoms with Crippen molar-refractivity contribution in [2.24, 2.45) is 0 Å². The summed E-state index contributed by atoms with van der Waals surface area (Å²) < 4.78 is 24.8. The number of hydrogen-bond acceptors (Lipinski definition) is 3. The highest BCUT2D eigenvalue weighted by Crippen LogP contribution is 2.23. The molecule has 0 radical (unpaired) electrons. The van der Waals surface area contributed by atoms with Gasteiger partial charge in [0, 0.05) is 19.0 Å². The Hall–Kier alpha value is -1.62. The van der Waals surface area contributed by atoms with Crippen LogP contribution in [0.1, 0.15) is 25.7 Å². The summed E-state index contributed by atoms with van der Waals surface area (Å²) in [6, 6.07) is 8.23. The van der Waals surface area contributed by atoms with E-state index in [0.29, 0.717) is 24.3 Å². The van der Waals surface area contributed by atoms with Crippen LogP contribution in [0.25, 0.3) is 0 Å². The van der Waals surface area contributed by atoms with Gasteiger partial charge in [-0.15, -0.1) is 6.58 Å². The zero-order chi connectivity index (χ0) is 15.3. The number of carbonyl (C=O) groups excluding carboxylic acids is 1. The number of nitrogens with zero attached hydrogens (tertiary/aromatic N) is 1. The van der Waals surface area contributed by atoms with Crippen LogP contribution in [0, 0.1) is 0 Å². The van der Waals surface area contributed by atoms with Gasteiger partial charge in [-0.2, -0.15) is 0 Å². The first-order chi connectivity index (χ1) is 10.0. The van der Waals surface area contributed by atoms with E-state index in [4.69, 9.17) is 0 Å². The van der Waals surface area contributed by atoms with Gasteiger partial charge in [-0.3, -0.25) is 4.79 Å². The molecule has 0 aromatic heterocycles. The van der Waals surface area contributed by atoms with Crippen molar-refractivity contribution in [1.29, 1.82) is 0 Å². The van der Waals surface area contributed by atoms with E-state index >= 15 is 0 Å². The van der Waals surface area contributed by atoms with Crippen molar-refractivity contribution >= 4 is 15.7 Å². The van der Waals surface area contributed by atoms with Crippen molar-refractivity contribution in [3.05, 3.63) is 43.0 Å². The molecule has 1 amide bonds. The largest absolute Gasteiger partial charge is 0.339 e. The molecule has 1 aliphatic heterocycles. The summed E-state index contributed by atoms with van der Waals surface area (Å²) in [5, 5.41) is 0. The molecule has 1 aliphatic rings. The number of amides is 1. The molecule has 5 heteroatoms. The number of sulfone groups is 1. The van der Waals surface area contributed by atoms with E-state index in [2.05, 4.69) is 6.58 Å². The molecule has 1 heterocycles. The lowest BCUT2D eigenvalue weighted by Gasteiger charge is -2.24. The normalized spacial score (nSPS) is 18.7. The Kier molecular flexibility index (Phi) is 5.17. The fourth-order valence-corrected chi connectivity index (χ4v) is 4.30. The standard InChI is InChI=1S/C16H21NO3S/c1-2-3-11-16(18)17-12-7-8-14(17)13-21(19,20)15-9-5-4-6-10-15/h2,4-6,9-10,14H,1,3,7-8,11-13H2. The van der Waals surface area contributed by atoms with Gasteiger partial charge < -0.3 is 4.90 Å². The molecule has 1 aromatic rings. The molecule has 1 fully saturated rings. The molecule has 0 spiro atoms. The van der Waals surface area contributed by atoms with Crippen molar-refractivity contribution in [2.45, 2.75) is 36.6 Å². The molecule has 0 aliphatic carbocycles. The van der Waals surface area contributed by atoms with Crippen LogP contribution >= 0.6 is 0 Å². The lowest BCUT2D eigenvalue weighted by molar-refractivity contribution is -0.131. The number of rotatable bonds is 6. The molecule has 1 unspecified atom stereocenters. The summed E-state index contributed by atoms with van der Waals surface area (Å²) in [6.07, 6.45) is 4.38. The molecule has 21 heavy (non-hydrogen) atoms. The Morgan fingerprint density at radius 1 is 1.33 bits per heavy atom. The highest BCUT2D eigenvalue weighted by molar-refractivity contribution is 7.91. The first kappa shape index (κ1) is 15.8. The quantitative estimate of drug-likeness (QED) is 0.758. The van der Waals surface area contributed by atoms with Gasteiger partial charge in [0.25, 0.3) is 0 Å². The van der Waals surface area contributed by atoms with E-state index < -0.39 is 9.84 Å². The van der Waals surface area contributed by atoms with Gasteiger partial charge in [0.15, 0.2) is 9.84 Å². The highest BCUT2D eigenvalue weighted by atomic mass is 32.2. The average molecular weight is 307 g/mol. The van der Waals surface area contributed by atoms with Crippen LogP contribution in [-0.4, -0.2) is 37.6 Å². The fourth-order valence-electron chi connectivity index (χ4n) is 2.68. The minimum absolute atomic E-state index is 0.0108. The first-order valence-electron chi connectivity index (χ1n) is 7.23. The van der Waals surface area contributed by atoms with Crippen LogP contribution in [0.3, 0.4) is 0 Å². The van der Waals surface area contributed by atoms with E-state index in [0.717, 1.165) is 12.8 Å². The Morgan fingerprint density at radius 3 is 2.71 bits per heavy atom. The van der Waals surface area contributed by atoms with Crippen molar-refractivity contribution in [3.63, 3.8) is 0 Å². The predicted molar refractivity (Wildman–Crippen MR) is 82.7 cm³/mol. The minimum atomic E-state index is -3.34. The number of benzene rings is 1. The van der Waals surface area contributed by atoms with Crippen LogP contribution in [0.2, 0.25) is 0 Å². The number of hydrogen-bond donors (Lipinski definition) is 0. The van der Waals surface area contributed by atoms with E-state index in [1.807, 2.05) is 0 Å². The Labute approximate surface area is 126 Å². The Bertz CT molecular complexity index is 595. The topological polar surface area (TPSA) is 54.5 Å². The molecular formula is C16H21NO3S. The monoisotopic (exact) mass is 307 g/mol. The number of likely N-dealkylation sites (tertiary alicyclic amines) is 1. The maximum Gasteiger partial charge on any atom is 0.223 e. The molecule has 0 bridgehead atoms. The summed E-state index contributed by atoms with van der Waals surface area (Å²) in [4.78, 5) is 14.2. The second kappa shape index (κ2) is 6.89. The van der Waals surface area contributed by atoms with E-state index in [1.54, 1.807) is 41.3 Å². The van der Waals surface area contributed by atoms with Gasteiger partial charge in [0.1, 0.15) is 0 Å². The van der Waals surface area contributed by atoms with E-state index in [-0.39, 0.29) is 17.7 Å². The van der Waals surface area contributed by atoms with Crippen molar-refractivity contribution in [3.8, 4) is 0 Å². The Balaban J connectivity index is 2.07. The first-order valence-corrected chi connectivity index (χ1v) is 8.88. The van der Waals surface area contributed by atoms with E-state index in [9.17, 15) is 13.2 Å². The van der Waals surface area contributed by atoms with Crippen LogP contribution in [0.5, 0.6) is 0 Å². The molecule has 1 atom stereocenters. The molecule has 0 N–H and O–H groups in total. The zero-order valence-corrected chi connectivity index (χ0v) is 12.9. The molecule has 0 saturated carbocycles. The van der Waals surface area contributed by atoms with Crippen molar-refractivity contribution in [1.82, 2.24) is 4.90 Å². The van der Waals surface area contributed by atoms with E-state index in [1.165, 1.54) is 0 Å². The maximum absolute atomic E-state index is 12.4. The van der Waals surface area contributed by atoms with Crippen LogP contribution in [-0.2, 0) is 14.6 Å². The summed E-state index contributed by atoms with van der Waals surface area (Å²) >= 11 is 0. The summed E-state index contributed by atoms with van der Waals surface area (Å²) in [5.41, 5.74) is 0. The van der Waals surface area contributed by atoms with Crippen LogP contribution in [0.4, 0.5) is 0 Å². The van der Waals surface area contributed by atoms with Crippen molar-refractivity contribution in [2.75, 3.05) is 12.3 Å². The molecule has 2 rings (SSSR count). The van der Waals surface area contributed by atoms with Gasteiger partial charge in [0.05, 0.1) is 10.6 Å². The summed E-state index contributed by atoms with van der Waals surface area (Å²) in [6.45, 7) is 4.27. The highest BCUT2D eigenvalue weighted by Gasteiger charge is 2.32. The third-order valence-corrected chi connectivity index (χ3v) is 5.59. The van der Waals surface area contributed by atoms with Gasteiger partial charge in [-0.1, -0.05) is 24.3 Å². The number of carbonyl (C=O) groups is 1. The smallest absolute Gasteiger partial charge is 0.223 e. The van der Waals surface area contributed by atoms with Gasteiger partial charge in [-0.05, 0) is 31.4 Å². The number of allylic oxidation sites excluding steroid dienone is 1. The van der Waals surface area contributed by atoms with Gasteiger partial charge in [0.2, 0.25) is 5.91 Å². The summed E-state index contributed by atoms with van der Waals surface area (Å²) in [7, 11) is -3.34. The lowest BCUT2D eigenvalue weighted by Crippen LogP contribution is -2.39. The van der Waals surface area contributed by atoms with Crippen LogP contribution < -0.4 is 0 Å². The third kappa shape index (κ3) is 3.94. The van der Waals surface area contributed by atoms with Crippen LogP contribution in [0.15, 0.2) is 47.9 Å². The maximum atomic E-state index is 12.4. The molecule has 114 valence electrons. The fraction of sp³-hybridized carbons (Fsp3) is 0.438. The van der Waals surface area contributed by atoms with Crippen molar-refractivity contribution < 1.29 is 13.2 Å². The molecule has 1 saturated heterocycles. The molecule has 4 nitrogen and oxygen atoms in total. The van der Waals surface area contributed by atoms with Gasteiger partial charge in [-0.25, -0.2) is 8.42 Å². The second-order valence-electron chi connectivity index (χ2n) is 5.31. The molecular weight excluding hydrogens is 286 g/mol. The average Bonchev–Trinajstić information content (AvgIpc) is 2.93. The zero-order valence-electron chi connectivity index (χ0n) is 12.1.